The van der Waals surface area contributed by atoms with E-state index in [4.69, 9.17) is 0 Å². The van der Waals surface area contributed by atoms with E-state index in [0.29, 0.717) is 30.6 Å². The van der Waals surface area contributed by atoms with Crippen LogP contribution in [0.25, 0.3) is 10.6 Å². The molecule has 2 N–H and O–H groups in total. The normalized spacial score (nSPS) is 19.1. The molecule has 0 bridgehead atoms. The average molecular weight is 426 g/mol. The third-order valence-corrected chi connectivity index (χ3v) is 6.84. The summed E-state index contributed by atoms with van der Waals surface area (Å²) in [5, 5.41) is 11.8. The van der Waals surface area contributed by atoms with Gasteiger partial charge in [0.2, 0.25) is 11.8 Å². The number of hydrogen-bond donors (Lipinski definition) is 2. The van der Waals surface area contributed by atoms with E-state index in [-0.39, 0.29) is 17.7 Å². The van der Waals surface area contributed by atoms with Crippen molar-refractivity contribution in [3.05, 3.63) is 57.7 Å². The van der Waals surface area contributed by atoms with Crippen molar-refractivity contribution < 1.29 is 14.4 Å². The first-order valence-electron chi connectivity index (χ1n) is 9.26. The summed E-state index contributed by atoms with van der Waals surface area (Å²) in [5.74, 6) is -0.758. The molecule has 1 aromatic carbocycles. The van der Waals surface area contributed by atoms with E-state index < -0.39 is 5.41 Å². The number of amides is 3. The predicted molar refractivity (Wildman–Crippen MR) is 114 cm³/mol. The number of piperidine rings is 1. The zero-order valence-electron chi connectivity index (χ0n) is 15.7. The maximum Gasteiger partial charge on any atom is 0.275 e. The number of thiophene rings is 1. The number of hydrogen-bond acceptors (Lipinski definition) is 6. The van der Waals surface area contributed by atoms with Gasteiger partial charge in [0.1, 0.15) is 10.7 Å². The van der Waals surface area contributed by atoms with Crippen molar-refractivity contribution in [1.29, 1.82) is 0 Å². The van der Waals surface area contributed by atoms with Gasteiger partial charge in [-0.1, -0.05) is 19.1 Å². The minimum absolute atomic E-state index is 0.229. The second-order valence-electron chi connectivity index (χ2n) is 6.89. The number of carbonyl (C=O) groups is 3. The van der Waals surface area contributed by atoms with Crippen molar-refractivity contribution >= 4 is 46.1 Å². The zero-order chi connectivity index (χ0) is 20.4. The minimum Gasteiger partial charge on any atom is -0.321 e. The lowest BCUT2D eigenvalue weighted by molar-refractivity contribution is -0.138. The number of anilines is 1. The minimum atomic E-state index is -0.708. The summed E-state index contributed by atoms with van der Waals surface area (Å²) in [6.07, 6.45) is 1.42. The van der Waals surface area contributed by atoms with Gasteiger partial charge in [0.25, 0.3) is 5.91 Å². The molecule has 1 aliphatic heterocycles. The van der Waals surface area contributed by atoms with Crippen LogP contribution in [0.2, 0.25) is 0 Å². The van der Waals surface area contributed by atoms with E-state index >= 15 is 0 Å². The lowest BCUT2D eigenvalue weighted by atomic mass is 9.72. The number of carbonyl (C=O) groups excluding carboxylic acids is 3. The fourth-order valence-electron chi connectivity index (χ4n) is 3.53. The van der Waals surface area contributed by atoms with Crippen LogP contribution in [0, 0.1) is 0 Å². The van der Waals surface area contributed by atoms with Gasteiger partial charge in [-0.3, -0.25) is 19.7 Å². The van der Waals surface area contributed by atoms with Gasteiger partial charge in [0.05, 0.1) is 5.41 Å². The Morgan fingerprint density at radius 1 is 1.21 bits per heavy atom. The Labute approximate surface area is 176 Å². The molecule has 0 radical (unpaired) electrons. The van der Waals surface area contributed by atoms with Gasteiger partial charge in [0.15, 0.2) is 0 Å². The number of nitrogens with zero attached hydrogens (tertiary/aromatic N) is 1. The van der Waals surface area contributed by atoms with Gasteiger partial charge >= 0.3 is 0 Å². The molecule has 1 fully saturated rings. The smallest absolute Gasteiger partial charge is 0.275 e. The van der Waals surface area contributed by atoms with Gasteiger partial charge in [-0.2, -0.15) is 11.3 Å². The summed E-state index contributed by atoms with van der Waals surface area (Å²) in [4.78, 5) is 40.9. The Morgan fingerprint density at radius 2 is 2.00 bits per heavy atom. The number of rotatable bonds is 5. The SMILES string of the molecule is CC[C@@]1(c2ccc(NC(=O)c3csc(-c4ccsc4)n3)cc2)CCC(=O)NC1=O. The molecular formula is C21H19N3O3S2. The highest BCUT2D eigenvalue weighted by Gasteiger charge is 2.42. The first kappa shape index (κ1) is 19.5. The van der Waals surface area contributed by atoms with E-state index in [9.17, 15) is 14.4 Å². The van der Waals surface area contributed by atoms with Crippen LogP contribution in [-0.2, 0) is 15.0 Å². The van der Waals surface area contributed by atoms with Crippen LogP contribution >= 0.6 is 22.7 Å². The van der Waals surface area contributed by atoms with E-state index in [1.807, 2.05) is 35.9 Å². The number of aromatic nitrogens is 1. The lowest BCUT2D eigenvalue weighted by Gasteiger charge is -2.35. The molecule has 3 heterocycles. The van der Waals surface area contributed by atoms with E-state index in [2.05, 4.69) is 15.6 Å². The molecule has 6 nitrogen and oxygen atoms in total. The van der Waals surface area contributed by atoms with Crippen LogP contribution in [0.4, 0.5) is 5.69 Å². The fraction of sp³-hybridized carbons (Fsp3) is 0.238. The Hall–Kier alpha value is -2.84. The molecule has 0 unspecified atom stereocenters. The largest absolute Gasteiger partial charge is 0.321 e. The molecule has 1 aliphatic rings. The van der Waals surface area contributed by atoms with E-state index in [1.165, 1.54) is 11.3 Å². The summed E-state index contributed by atoms with van der Waals surface area (Å²) < 4.78 is 0. The van der Waals surface area contributed by atoms with Gasteiger partial charge < -0.3 is 5.32 Å². The topological polar surface area (TPSA) is 88.2 Å². The molecule has 1 atom stereocenters. The molecule has 1 saturated heterocycles. The molecule has 8 heteroatoms. The Kier molecular flexibility index (Phi) is 5.29. The average Bonchev–Trinajstić information content (AvgIpc) is 3.41. The Morgan fingerprint density at radius 3 is 2.66 bits per heavy atom. The fourth-order valence-corrected chi connectivity index (χ4v) is 5.04. The molecule has 0 aliphatic carbocycles. The summed E-state index contributed by atoms with van der Waals surface area (Å²) in [5.41, 5.74) is 2.15. The Balaban J connectivity index is 1.49. The number of imide groups is 1. The van der Waals surface area contributed by atoms with Crippen LogP contribution < -0.4 is 10.6 Å². The van der Waals surface area contributed by atoms with Crippen molar-refractivity contribution in [3.63, 3.8) is 0 Å². The second kappa shape index (κ2) is 7.88. The lowest BCUT2D eigenvalue weighted by Crippen LogP contribution is -2.51. The molecule has 148 valence electrons. The predicted octanol–water partition coefficient (Wildman–Crippen LogP) is 4.21. The van der Waals surface area contributed by atoms with Crippen molar-refractivity contribution in [2.45, 2.75) is 31.6 Å². The molecule has 3 aromatic rings. The summed E-state index contributed by atoms with van der Waals surface area (Å²) in [6.45, 7) is 1.94. The highest BCUT2D eigenvalue weighted by Crippen LogP contribution is 2.36. The van der Waals surface area contributed by atoms with Gasteiger partial charge in [-0.25, -0.2) is 4.98 Å². The van der Waals surface area contributed by atoms with E-state index in [1.54, 1.807) is 28.8 Å². The van der Waals surface area contributed by atoms with Gasteiger partial charge in [-0.05, 0) is 42.0 Å². The van der Waals surface area contributed by atoms with Crippen LogP contribution in [0.15, 0.2) is 46.5 Å². The standard InChI is InChI=1S/C21H19N3O3S2/c1-2-21(9-7-17(25)24-20(21)27)14-3-5-15(6-4-14)22-18(26)16-12-29-19(23-16)13-8-10-28-11-13/h3-6,8,10-12H,2,7,9H2,1H3,(H,22,26)(H,24,25,27)/t21-/m0/s1. The van der Waals surface area contributed by atoms with Crippen molar-refractivity contribution in [3.8, 4) is 10.6 Å². The summed E-state index contributed by atoms with van der Waals surface area (Å²) in [7, 11) is 0. The molecular weight excluding hydrogens is 406 g/mol. The maximum absolute atomic E-state index is 12.5. The maximum atomic E-state index is 12.5. The summed E-state index contributed by atoms with van der Waals surface area (Å²) in [6, 6.07) is 9.21. The molecule has 2 aromatic heterocycles. The van der Waals surface area contributed by atoms with Gasteiger partial charge in [0, 0.05) is 28.4 Å². The quantitative estimate of drug-likeness (QED) is 0.600. The first-order chi connectivity index (χ1) is 14.0. The molecule has 0 spiro atoms. The van der Waals surface area contributed by atoms with Crippen LogP contribution in [0.3, 0.4) is 0 Å². The van der Waals surface area contributed by atoms with Crippen LogP contribution in [0.1, 0.15) is 42.2 Å². The monoisotopic (exact) mass is 425 g/mol. The Bertz CT molecular complexity index is 1060. The number of thiazole rings is 1. The second-order valence-corrected chi connectivity index (χ2v) is 8.53. The number of nitrogens with one attached hydrogen (secondary N) is 2. The third-order valence-electron chi connectivity index (χ3n) is 5.27. The van der Waals surface area contributed by atoms with Crippen LogP contribution in [-0.4, -0.2) is 22.7 Å². The highest BCUT2D eigenvalue weighted by molar-refractivity contribution is 7.14. The zero-order valence-corrected chi connectivity index (χ0v) is 17.4. The number of benzene rings is 1. The van der Waals surface area contributed by atoms with Gasteiger partial charge in [-0.15, -0.1) is 11.3 Å². The van der Waals surface area contributed by atoms with E-state index in [0.717, 1.165) is 16.1 Å². The van der Waals surface area contributed by atoms with Crippen molar-refractivity contribution in [2.75, 3.05) is 5.32 Å². The van der Waals surface area contributed by atoms with Crippen LogP contribution in [0.5, 0.6) is 0 Å². The summed E-state index contributed by atoms with van der Waals surface area (Å²) >= 11 is 3.02. The molecule has 0 saturated carbocycles. The molecule has 3 amide bonds. The third kappa shape index (κ3) is 3.73. The van der Waals surface area contributed by atoms with Crippen molar-refractivity contribution in [2.24, 2.45) is 0 Å². The molecule has 29 heavy (non-hydrogen) atoms. The first-order valence-corrected chi connectivity index (χ1v) is 11.1. The highest BCUT2D eigenvalue weighted by atomic mass is 32.1. The molecule has 4 rings (SSSR count). The van der Waals surface area contributed by atoms with Crippen molar-refractivity contribution in [1.82, 2.24) is 10.3 Å².